The normalized spacial score (nSPS) is 11.7. The fourth-order valence-electron chi connectivity index (χ4n) is 2.56. The number of aliphatic imine (C=N–C) groups is 1. The van der Waals surface area contributed by atoms with E-state index in [1.807, 2.05) is 29.9 Å². The zero-order valence-electron chi connectivity index (χ0n) is 14.2. The van der Waals surface area contributed by atoms with Crippen LogP contribution >= 0.6 is 0 Å². The number of nitrogens with zero attached hydrogens (tertiary/aromatic N) is 4. The lowest BCUT2D eigenvalue weighted by Crippen LogP contribution is -2.33. The molecule has 2 aromatic rings. The molecule has 0 aliphatic carbocycles. The predicted octanol–water partition coefficient (Wildman–Crippen LogP) is 1.51. The maximum Gasteiger partial charge on any atom is 0.188 e. The van der Waals surface area contributed by atoms with Crippen LogP contribution in [0.25, 0.3) is 0 Å². The Morgan fingerprint density at radius 2 is 2.13 bits per heavy atom. The summed E-state index contributed by atoms with van der Waals surface area (Å²) in [7, 11) is 1.98. The fraction of sp³-hybridized carbons (Fsp3) is 0.471. The van der Waals surface area contributed by atoms with Gasteiger partial charge in [-0.05, 0) is 44.4 Å². The van der Waals surface area contributed by atoms with Crippen LogP contribution in [0.3, 0.4) is 0 Å². The Balaban J connectivity index is 1.68. The second-order valence-corrected chi connectivity index (χ2v) is 5.64. The van der Waals surface area contributed by atoms with Gasteiger partial charge in [-0.3, -0.25) is 14.7 Å². The van der Waals surface area contributed by atoms with E-state index in [0.717, 1.165) is 43.7 Å². The second kappa shape index (κ2) is 8.31. The number of aromatic nitrogens is 3. The van der Waals surface area contributed by atoms with E-state index in [1.54, 1.807) is 6.20 Å². The molecule has 2 heterocycles. The summed E-state index contributed by atoms with van der Waals surface area (Å²) in [5.74, 6) is 0.501. The van der Waals surface area contributed by atoms with Crippen LogP contribution in [0, 0.1) is 13.8 Å². The molecule has 0 saturated heterocycles. The molecule has 0 fully saturated rings. The average Bonchev–Trinajstić information content (AvgIpc) is 2.78. The van der Waals surface area contributed by atoms with Crippen molar-refractivity contribution in [2.24, 2.45) is 17.8 Å². The van der Waals surface area contributed by atoms with Gasteiger partial charge in [0, 0.05) is 44.1 Å². The van der Waals surface area contributed by atoms with Crippen molar-refractivity contribution in [3.05, 3.63) is 47.0 Å². The van der Waals surface area contributed by atoms with Crippen LogP contribution < -0.4 is 11.1 Å². The molecule has 124 valence electrons. The van der Waals surface area contributed by atoms with Gasteiger partial charge in [0.1, 0.15) is 0 Å². The molecule has 0 aliphatic rings. The fourth-order valence-corrected chi connectivity index (χ4v) is 2.56. The SMILES string of the molecule is Cc1nn(C)c(C)c1CCCN=C(N)NCCc1ccccn1. The Labute approximate surface area is 137 Å². The summed E-state index contributed by atoms with van der Waals surface area (Å²) in [4.78, 5) is 8.65. The maximum atomic E-state index is 5.88. The van der Waals surface area contributed by atoms with Crippen molar-refractivity contribution >= 4 is 5.96 Å². The minimum absolute atomic E-state index is 0.501. The van der Waals surface area contributed by atoms with Gasteiger partial charge >= 0.3 is 0 Å². The van der Waals surface area contributed by atoms with Crippen molar-refractivity contribution in [2.45, 2.75) is 33.1 Å². The molecule has 0 amide bonds. The quantitative estimate of drug-likeness (QED) is 0.461. The van der Waals surface area contributed by atoms with E-state index in [0.29, 0.717) is 5.96 Å². The number of hydrogen-bond acceptors (Lipinski definition) is 3. The summed E-state index contributed by atoms with van der Waals surface area (Å²) in [6.45, 7) is 5.62. The third kappa shape index (κ3) is 5.09. The molecule has 6 heteroatoms. The topological polar surface area (TPSA) is 81.1 Å². The van der Waals surface area contributed by atoms with E-state index >= 15 is 0 Å². The lowest BCUT2D eigenvalue weighted by atomic mass is 10.1. The van der Waals surface area contributed by atoms with Gasteiger partial charge in [-0.15, -0.1) is 0 Å². The van der Waals surface area contributed by atoms with E-state index in [1.165, 1.54) is 11.3 Å². The predicted molar refractivity (Wildman–Crippen MR) is 93.4 cm³/mol. The van der Waals surface area contributed by atoms with Crippen molar-refractivity contribution in [3.8, 4) is 0 Å². The summed E-state index contributed by atoms with van der Waals surface area (Å²) in [5.41, 5.74) is 10.6. The third-order valence-corrected chi connectivity index (χ3v) is 3.94. The maximum absolute atomic E-state index is 5.88. The Bertz CT molecular complexity index is 645. The van der Waals surface area contributed by atoms with E-state index < -0.39 is 0 Å². The molecule has 0 atom stereocenters. The molecule has 2 aromatic heterocycles. The van der Waals surface area contributed by atoms with Crippen LogP contribution in [0.5, 0.6) is 0 Å². The first kappa shape index (κ1) is 17.0. The number of hydrogen-bond donors (Lipinski definition) is 2. The number of guanidine groups is 1. The summed E-state index contributed by atoms with van der Waals surface area (Å²) in [6, 6.07) is 5.91. The lowest BCUT2D eigenvalue weighted by Gasteiger charge is -2.05. The Morgan fingerprint density at radius 1 is 1.30 bits per heavy atom. The smallest absolute Gasteiger partial charge is 0.188 e. The monoisotopic (exact) mass is 314 g/mol. The van der Waals surface area contributed by atoms with Gasteiger partial charge in [-0.2, -0.15) is 5.10 Å². The van der Waals surface area contributed by atoms with Crippen molar-refractivity contribution in [2.75, 3.05) is 13.1 Å². The highest BCUT2D eigenvalue weighted by Gasteiger charge is 2.08. The zero-order valence-corrected chi connectivity index (χ0v) is 14.2. The minimum atomic E-state index is 0.501. The number of aryl methyl sites for hydroxylation is 2. The van der Waals surface area contributed by atoms with Crippen LogP contribution in [-0.4, -0.2) is 33.8 Å². The number of pyridine rings is 1. The molecule has 0 aromatic carbocycles. The average molecular weight is 314 g/mol. The summed E-state index contributed by atoms with van der Waals surface area (Å²) in [6.07, 6.45) is 4.59. The van der Waals surface area contributed by atoms with Gasteiger partial charge in [0.15, 0.2) is 5.96 Å². The molecule has 0 spiro atoms. The van der Waals surface area contributed by atoms with E-state index in [4.69, 9.17) is 5.73 Å². The highest BCUT2D eigenvalue weighted by molar-refractivity contribution is 5.77. The number of nitrogens with one attached hydrogen (secondary N) is 1. The highest BCUT2D eigenvalue weighted by atomic mass is 15.3. The second-order valence-electron chi connectivity index (χ2n) is 5.64. The van der Waals surface area contributed by atoms with Crippen LogP contribution in [0.2, 0.25) is 0 Å². The van der Waals surface area contributed by atoms with Gasteiger partial charge in [0.2, 0.25) is 0 Å². The van der Waals surface area contributed by atoms with Gasteiger partial charge < -0.3 is 11.1 Å². The van der Waals surface area contributed by atoms with Crippen LogP contribution in [0.4, 0.5) is 0 Å². The largest absolute Gasteiger partial charge is 0.370 e. The number of rotatable bonds is 7. The molecular weight excluding hydrogens is 288 g/mol. The zero-order chi connectivity index (χ0) is 16.7. The lowest BCUT2D eigenvalue weighted by molar-refractivity contribution is 0.728. The third-order valence-electron chi connectivity index (χ3n) is 3.94. The van der Waals surface area contributed by atoms with Crippen LogP contribution in [0.15, 0.2) is 29.4 Å². The van der Waals surface area contributed by atoms with E-state index in [-0.39, 0.29) is 0 Å². The molecule has 6 nitrogen and oxygen atoms in total. The Morgan fingerprint density at radius 3 is 2.78 bits per heavy atom. The molecule has 0 radical (unpaired) electrons. The van der Waals surface area contributed by atoms with E-state index in [2.05, 4.69) is 34.2 Å². The van der Waals surface area contributed by atoms with Crippen LogP contribution in [0.1, 0.15) is 29.1 Å². The molecular formula is C17H26N6. The first-order chi connectivity index (χ1) is 11.1. The number of nitrogens with two attached hydrogens (primary N) is 1. The van der Waals surface area contributed by atoms with Crippen molar-refractivity contribution in [1.82, 2.24) is 20.1 Å². The Hall–Kier alpha value is -2.37. The molecule has 0 unspecified atom stereocenters. The summed E-state index contributed by atoms with van der Waals surface area (Å²) < 4.78 is 1.93. The summed E-state index contributed by atoms with van der Waals surface area (Å²) in [5, 5.41) is 7.56. The molecule has 0 aliphatic heterocycles. The first-order valence-corrected chi connectivity index (χ1v) is 8.00. The summed E-state index contributed by atoms with van der Waals surface area (Å²) >= 11 is 0. The minimum Gasteiger partial charge on any atom is -0.370 e. The molecule has 23 heavy (non-hydrogen) atoms. The van der Waals surface area contributed by atoms with Crippen molar-refractivity contribution in [1.29, 1.82) is 0 Å². The van der Waals surface area contributed by atoms with Crippen LogP contribution in [-0.2, 0) is 19.9 Å². The van der Waals surface area contributed by atoms with Gasteiger partial charge in [0.25, 0.3) is 0 Å². The first-order valence-electron chi connectivity index (χ1n) is 8.00. The highest BCUT2D eigenvalue weighted by Crippen LogP contribution is 2.13. The van der Waals surface area contributed by atoms with E-state index in [9.17, 15) is 0 Å². The molecule has 0 bridgehead atoms. The van der Waals surface area contributed by atoms with Gasteiger partial charge in [0.05, 0.1) is 5.69 Å². The molecule has 3 N–H and O–H groups in total. The molecule has 2 rings (SSSR count). The van der Waals surface area contributed by atoms with Gasteiger partial charge in [-0.25, -0.2) is 0 Å². The van der Waals surface area contributed by atoms with Crippen molar-refractivity contribution < 1.29 is 0 Å². The standard InChI is InChI=1S/C17H26N6/c1-13-16(14(2)23(3)22-13)8-6-11-20-17(18)21-12-9-15-7-4-5-10-19-15/h4-5,7,10H,6,8-9,11-12H2,1-3H3,(H3,18,20,21). The van der Waals surface area contributed by atoms with Gasteiger partial charge in [-0.1, -0.05) is 6.07 Å². The Kier molecular flexibility index (Phi) is 6.14. The molecule has 0 saturated carbocycles. The van der Waals surface area contributed by atoms with Crippen molar-refractivity contribution in [3.63, 3.8) is 0 Å².